The normalized spacial score (nSPS) is 14.1. The predicted molar refractivity (Wildman–Crippen MR) is 105 cm³/mol. The van der Waals surface area contributed by atoms with E-state index in [-0.39, 0.29) is 5.75 Å². The lowest BCUT2D eigenvalue weighted by molar-refractivity contribution is -0.146. The van der Waals surface area contributed by atoms with Crippen molar-refractivity contribution in [2.24, 2.45) is 0 Å². The van der Waals surface area contributed by atoms with Gasteiger partial charge < -0.3 is 20.2 Å². The lowest BCUT2D eigenvalue weighted by Gasteiger charge is -2.35. The Morgan fingerprint density at radius 2 is 1.74 bits per heavy atom. The van der Waals surface area contributed by atoms with Crippen molar-refractivity contribution < 1.29 is 14.7 Å². The SMILES string of the molecule is Cc1cccc(N2CCN(C(=O)C(=O)NCCc3ccc(O)cc3)CC2)c1. The van der Waals surface area contributed by atoms with Gasteiger partial charge in [0.25, 0.3) is 0 Å². The summed E-state index contributed by atoms with van der Waals surface area (Å²) < 4.78 is 0. The quantitative estimate of drug-likeness (QED) is 0.807. The number of amides is 2. The Balaban J connectivity index is 1.44. The number of carbonyl (C=O) groups is 2. The highest BCUT2D eigenvalue weighted by Crippen LogP contribution is 2.17. The molecule has 3 rings (SSSR count). The third kappa shape index (κ3) is 5.00. The van der Waals surface area contributed by atoms with Crippen LogP contribution < -0.4 is 10.2 Å². The van der Waals surface area contributed by atoms with E-state index in [1.54, 1.807) is 29.2 Å². The minimum absolute atomic E-state index is 0.211. The molecule has 1 saturated heterocycles. The summed E-state index contributed by atoms with van der Waals surface area (Å²) in [6.07, 6.45) is 0.612. The molecule has 1 aliphatic rings. The van der Waals surface area contributed by atoms with Crippen LogP contribution in [0.4, 0.5) is 5.69 Å². The second-order valence-corrected chi connectivity index (χ2v) is 6.79. The number of hydrogen-bond acceptors (Lipinski definition) is 4. The standard InChI is InChI=1S/C21H25N3O3/c1-16-3-2-4-18(15-16)23-11-13-24(14-12-23)21(27)20(26)22-10-9-17-5-7-19(25)8-6-17/h2-8,15,25H,9-14H2,1H3,(H,22,26). The first-order valence-electron chi connectivity index (χ1n) is 9.19. The second kappa shape index (κ2) is 8.58. The van der Waals surface area contributed by atoms with Gasteiger partial charge in [0.05, 0.1) is 0 Å². The lowest BCUT2D eigenvalue weighted by atomic mass is 10.1. The Kier molecular flexibility index (Phi) is 5.96. The molecule has 6 heteroatoms. The fourth-order valence-electron chi connectivity index (χ4n) is 3.19. The predicted octanol–water partition coefficient (Wildman–Crippen LogP) is 1.71. The van der Waals surface area contributed by atoms with Crippen LogP contribution >= 0.6 is 0 Å². The molecule has 27 heavy (non-hydrogen) atoms. The molecular weight excluding hydrogens is 342 g/mol. The van der Waals surface area contributed by atoms with Gasteiger partial charge in [-0.3, -0.25) is 9.59 Å². The number of benzene rings is 2. The van der Waals surface area contributed by atoms with E-state index in [0.717, 1.165) is 24.3 Å². The van der Waals surface area contributed by atoms with Gasteiger partial charge in [-0.15, -0.1) is 0 Å². The summed E-state index contributed by atoms with van der Waals surface area (Å²) in [7, 11) is 0. The number of carbonyl (C=O) groups excluding carboxylic acids is 2. The Morgan fingerprint density at radius 1 is 1.04 bits per heavy atom. The first kappa shape index (κ1) is 18.8. The van der Waals surface area contributed by atoms with Crippen LogP contribution in [-0.2, 0) is 16.0 Å². The number of anilines is 1. The van der Waals surface area contributed by atoms with Crippen molar-refractivity contribution in [1.29, 1.82) is 0 Å². The number of rotatable bonds is 4. The third-order valence-electron chi connectivity index (χ3n) is 4.76. The molecule has 0 bridgehead atoms. The molecule has 1 aliphatic heterocycles. The average Bonchev–Trinajstić information content (AvgIpc) is 2.69. The number of aryl methyl sites for hydroxylation is 1. The number of phenolic OH excluding ortho intramolecular Hbond substituents is 1. The number of nitrogens with zero attached hydrogens (tertiary/aromatic N) is 2. The first-order valence-corrected chi connectivity index (χ1v) is 9.19. The Labute approximate surface area is 159 Å². The fourth-order valence-corrected chi connectivity index (χ4v) is 3.19. The van der Waals surface area contributed by atoms with E-state index in [2.05, 4.69) is 35.3 Å². The molecule has 0 aliphatic carbocycles. The molecule has 0 aromatic heterocycles. The van der Waals surface area contributed by atoms with Crippen LogP contribution in [0.15, 0.2) is 48.5 Å². The summed E-state index contributed by atoms with van der Waals surface area (Å²) in [5.74, 6) is -0.815. The minimum Gasteiger partial charge on any atom is -0.508 e. The number of hydrogen-bond donors (Lipinski definition) is 2. The zero-order valence-electron chi connectivity index (χ0n) is 15.5. The molecule has 0 radical (unpaired) electrons. The maximum Gasteiger partial charge on any atom is 0.312 e. The van der Waals surface area contributed by atoms with E-state index in [9.17, 15) is 14.7 Å². The summed E-state index contributed by atoms with van der Waals surface area (Å²) in [4.78, 5) is 28.3. The zero-order valence-corrected chi connectivity index (χ0v) is 15.5. The van der Waals surface area contributed by atoms with Gasteiger partial charge >= 0.3 is 11.8 Å². The summed E-state index contributed by atoms with van der Waals surface area (Å²) in [6.45, 7) is 4.96. The Bertz CT molecular complexity index is 797. The van der Waals surface area contributed by atoms with Crippen LogP contribution in [0.5, 0.6) is 5.75 Å². The van der Waals surface area contributed by atoms with E-state index in [4.69, 9.17) is 0 Å². The Hall–Kier alpha value is -3.02. The summed E-state index contributed by atoms with van der Waals surface area (Å²) in [5.41, 5.74) is 3.35. The monoisotopic (exact) mass is 367 g/mol. The van der Waals surface area contributed by atoms with Gasteiger partial charge in [0, 0.05) is 38.4 Å². The van der Waals surface area contributed by atoms with Crippen LogP contribution in [0.1, 0.15) is 11.1 Å². The molecule has 0 spiro atoms. The fraction of sp³-hybridized carbons (Fsp3) is 0.333. The highest BCUT2D eigenvalue weighted by atomic mass is 16.3. The van der Waals surface area contributed by atoms with Crippen LogP contribution in [-0.4, -0.2) is 54.5 Å². The molecule has 2 aromatic carbocycles. The Morgan fingerprint density at radius 3 is 2.41 bits per heavy atom. The van der Waals surface area contributed by atoms with Crippen molar-refractivity contribution in [3.63, 3.8) is 0 Å². The second-order valence-electron chi connectivity index (χ2n) is 6.79. The number of phenols is 1. The van der Waals surface area contributed by atoms with E-state index in [1.807, 2.05) is 6.07 Å². The molecule has 0 atom stereocenters. The molecule has 2 N–H and O–H groups in total. The van der Waals surface area contributed by atoms with Crippen molar-refractivity contribution in [3.8, 4) is 5.75 Å². The number of piperazine rings is 1. The average molecular weight is 367 g/mol. The van der Waals surface area contributed by atoms with E-state index in [0.29, 0.717) is 26.1 Å². The van der Waals surface area contributed by atoms with Gasteiger partial charge in [0.15, 0.2) is 0 Å². The van der Waals surface area contributed by atoms with Gasteiger partial charge in [-0.2, -0.15) is 0 Å². The van der Waals surface area contributed by atoms with Crippen molar-refractivity contribution in [2.45, 2.75) is 13.3 Å². The smallest absolute Gasteiger partial charge is 0.312 e. The maximum absolute atomic E-state index is 12.3. The molecule has 0 saturated carbocycles. The van der Waals surface area contributed by atoms with Gasteiger partial charge in [-0.05, 0) is 48.7 Å². The van der Waals surface area contributed by atoms with Crippen LogP contribution in [0, 0.1) is 6.92 Å². The summed E-state index contributed by atoms with van der Waals surface area (Å²) in [6, 6.07) is 15.1. The van der Waals surface area contributed by atoms with Crippen LogP contribution in [0.3, 0.4) is 0 Å². The molecule has 2 amide bonds. The van der Waals surface area contributed by atoms with Gasteiger partial charge in [-0.1, -0.05) is 24.3 Å². The van der Waals surface area contributed by atoms with Crippen LogP contribution in [0.25, 0.3) is 0 Å². The molecule has 0 unspecified atom stereocenters. The van der Waals surface area contributed by atoms with Gasteiger partial charge in [0.2, 0.25) is 0 Å². The first-order chi connectivity index (χ1) is 13.0. The molecular formula is C21H25N3O3. The van der Waals surface area contributed by atoms with Crippen molar-refractivity contribution >= 4 is 17.5 Å². The molecule has 6 nitrogen and oxygen atoms in total. The molecule has 2 aromatic rings. The molecule has 1 heterocycles. The van der Waals surface area contributed by atoms with Crippen molar-refractivity contribution in [2.75, 3.05) is 37.6 Å². The highest BCUT2D eigenvalue weighted by Gasteiger charge is 2.25. The summed E-state index contributed by atoms with van der Waals surface area (Å²) in [5, 5.41) is 12.0. The van der Waals surface area contributed by atoms with E-state index >= 15 is 0 Å². The van der Waals surface area contributed by atoms with Crippen LogP contribution in [0.2, 0.25) is 0 Å². The van der Waals surface area contributed by atoms with Gasteiger partial charge in [0.1, 0.15) is 5.75 Å². The number of aromatic hydroxyl groups is 1. The lowest BCUT2D eigenvalue weighted by Crippen LogP contribution is -2.52. The maximum atomic E-state index is 12.3. The third-order valence-corrected chi connectivity index (χ3v) is 4.76. The number of nitrogens with one attached hydrogen (secondary N) is 1. The van der Waals surface area contributed by atoms with Gasteiger partial charge in [-0.25, -0.2) is 0 Å². The zero-order chi connectivity index (χ0) is 19.2. The highest BCUT2D eigenvalue weighted by molar-refractivity contribution is 6.35. The largest absolute Gasteiger partial charge is 0.508 e. The minimum atomic E-state index is -0.558. The molecule has 1 fully saturated rings. The topological polar surface area (TPSA) is 72.9 Å². The van der Waals surface area contributed by atoms with E-state index in [1.165, 1.54) is 5.56 Å². The summed E-state index contributed by atoms with van der Waals surface area (Å²) >= 11 is 0. The van der Waals surface area contributed by atoms with Crippen molar-refractivity contribution in [1.82, 2.24) is 10.2 Å². The van der Waals surface area contributed by atoms with Crippen molar-refractivity contribution in [3.05, 3.63) is 59.7 Å². The van der Waals surface area contributed by atoms with E-state index < -0.39 is 11.8 Å². The molecule has 142 valence electrons.